The minimum atomic E-state index is -3.51. The number of benzene rings is 1. The summed E-state index contributed by atoms with van der Waals surface area (Å²) >= 11 is 14.9. The number of hydrogen-bond acceptors (Lipinski definition) is 7. The van der Waals surface area contributed by atoms with Crippen LogP contribution in [-0.2, 0) is 20.6 Å². The molecule has 1 aliphatic heterocycles. The van der Waals surface area contributed by atoms with Crippen LogP contribution in [0, 0.1) is 11.8 Å². The predicted molar refractivity (Wildman–Crippen MR) is 127 cm³/mol. The second kappa shape index (κ2) is 10.8. The van der Waals surface area contributed by atoms with Gasteiger partial charge in [0.05, 0.1) is 15.8 Å². The molecule has 1 aromatic heterocycles. The number of nitrogens with one attached hydrogen (secondary N) is 1. The van der Waals surface area contributed by atoms with Crippen molar-refractivity contribution in [1.82, 2.24) is 14.5 Å². The Morgan fingerprint density at radius 2 is 1.97 bits per heavy atom. The number of thioether (sulfide) groups is 1. The minimum Gasteiger partial charge on any atom is -0.300 e. The predicted octanol–water partition coefficient (Wildman–Crippen LogP) is 4.77. The summed E-state index contributed by atoms with van der Waals surface area (Å²) in [5.74, 6) is 0.940. The number of anilines is 1. The Labute approximate surface area is 201 Å². The van der Waals surface area contributed by atoms with Gasteiger partial charge < -0.3 is 5.32 Å². The molecule has 0 spiro atoms. The van der Waals surface area contributed by atoms with E-state index in [1.165, 1.54) is 15.6 Å². The van der Waals surface area contributed by atoms with E-state index in [0.29, 0.717) is 52.6 Å². The number of amides is 1. The van der Waals surface area contributed by atoms with Gasteiger partial charge in [0.15, 0.2) is 4.34 Å². The number of sulfonamides is 1. The molecule has 0 aliphatic carbocycles. The zero-order chi connectivity index (χ0) is 22.6. The fraction of sp³-hybridized carbons (Fsp3) is 0.526. The van der Waals surface area contributed by atoms with Crippen molar-refractivity contribution in [2.45, 2.75) is 36.8 Å². The molecule has 1 fully saturated rings. The van der Waals surface area contributed by atoms with Crippen molar-refractivity contribution in [2.24, 2.45) is 11.8 Å². The van der Waals surface area contributed by atoms with Crippen molar-refractivity contribution in [1.29, 1.82) is 0 Å². The van der Waals surface area contributed by atoms with Gasteiger partial charge in [-0.1, -0.05) is 66.2 Å². The van der Waals surface area contributed by atoms with Gasteiger partial charge in [0, 0.05) is 24.8 Å². The first-order chi connectivity index (χ1) is 14.6. The zero-order valence-corrected chi connectivity index (χ0v) is 21.1. The van der Waals surface area contributed by atoms with Crippen LogP contribution in [0.1, 0.15) is 32.3 Å². The van der Waals surface area contributed by atoms with Gasteiger partial charge in [-0.05, 0) is 36.5 Å². The van der Waals surface area contributed by atoms with E-state index in [1.807, 2.05) is 0 Å². The van der Waals surface area contributed by atoms with Gasteiger partial charge in [0.25, 0.3) is 0 Å². The number of hydrogen-bond donors (Lipinski definition) is 1. The molecule has 0 bridgehead atoms. The maximum Gasteiger partial charge on any atom is 0.229 e. The average Bonchev–Trinajstić information content (AvgIpc) is 3.16. The van der Waals surface area contributed by atoms with Gasteiger partial charge in [-0.2, -0.15) is 0 Å². The lowest BCUT2D eigenvalue weighted by molar-refractivity contribution is -0.120. The fourth-order valence-corrected chi connectivity index (χ4v) is 6.69. The highest BCUT2D eigenvalue weighted by Crippen LogP contribution is 2.29. The van der Waals surface area contributed by atoms with Gasteiger partial charge >= 0.3 is 0 Å². The van der Waals surface area contributed by atoms with Gasteiger partial charge in [-0.25, -0.2) is 12.7 Å². The summed E-state index contributed by atoms with van der Waals surface area (Å²) in [6.45, 7) is 4.86. The second-order valence-corrected chi connectivity index (χ2v) is 12.8. The van der Waals surface area contributed by atoms with Crippen LogP contribution in [-0.4, -0.2) is 47.7 Å². The molecule has 0 unspecified atom stereocenters. The number of rotatable bonds is 8. The molecule has 7 nitrogen and oxygen atoms in total. The number of halogens is 2. The lowest BCUT2D eigenvalue weighted by atomic mass is 9.97. The van der Waals surface area contributed by atoms with E-state index in [0.717, 1.165) is 10.1 Å². The third kappa shape index (κ3) is 7.03. The SMILES string of the molecule is CC(C)CSc1nnc(NC(=O)C2CCN(S(=O)(=O)Cc3ccc(Cl)c(Cl)c3)CC2)s1. The molecule has 1 amide bonds. The van der Waals surface area contributed by atoms with Crippen molar-refractivity contribution in [3.8, 4) is 0 Å². The lowest BCUT2D eigenvalue weighted by Gasteiger charge is -2.30. The van der Waals surface area contributed by atoms with Crippen molar-refractivity contribution < 1.29 is 13.2 Å². The van der Waals surface area contributed by atoms with Gasteiger partial charge in [0.1, 0.15) is 0 Å². The molecular formula is C19H24Cl2N4O3S3. The fourth-order valence-electron chi connectivity index (χ4n) is 3.09. The van der Waals surface area contributed by atoms with Gasteiger partial charge in [0.2, 0.25) is 21.1 Å². The van der Waals surface area contributed by atoms with Gasteiger partial charge in [-0.15, -0.1) is 10.2 Å². The number of piperidine rings is 1. The summed E-state index contributed by atoms with van der Waals surface area (Å²) < 4.78 is 27.8. The Hall–Kier alpha value is -0.910. The number of nitrogens with zero attached hydrogens (tertiary/aromatic N) is 3. The summed E-state index contributed by atoms with van der Waals surface area (Å²) in [5, 5.41) is 12.1. The molecule has 31 heavy (non-hydrogen) atoms. The van der Waals surface area contributed by atoms with Crippen LogP contribution in [0.2, 0.25) is 10.0 Å². The Morgan fingerprint density at radius 1 is 1.26 bits per heavy atom. The van der Waals surface area contributed by atoms with Crippen LogP contribution >= 0.6 is 46.3 Å². The molecule has 2 aromatic rings. The second-order valence-electron chi connectivity index (χ2n) is 7.75. The Balaban J connectivity index is 1.51. The number of carbonyl (C=O) groups is 1. The molecule has 0 radical (unpaired) electrons. The molecule has 0 saturated carbocycles. The molecule has 1 aromatic carbocycles. The van der Waals surface area contributed by atoms with E-state index < -0.39 is 10.0 Å². The molecular weight excluding hydrogens is 499 g/mol. The molecule has 1 saturated heterocycles. The normalized spacial score (nSPS) is 16.0. The summed E-state index contributed by atoms with van der Waals surface area (Å²) in [6, 6.07) is 4.81. The zero-order valence-electron chi connectivity index (χ0n) is 17.2. The van der Waals surface area contributed by atoms with Gasteiger partial charge in [-0.3, -0.25) is 4.79 Å². The molecule has 12 heteroatoms. The Bertz CT molecular complexity index is 1020. The molecule has 3 rings (SSSR count). The number of carbonyl (C=O) groups excluding carboxylic acids is 1. The Kier molecular flexibility index (Phi) is 8.62. The largest absolute Gasteiger partial charge is 0.300 e. The highest BCUT2D eigenvalue weighted by atomic mass is 35.5. The van der Waals surface area contributed by atoms with E-state index in [4.69, 9.17) is 23.2 Å². The van der Waals surface area contributed by atoms with Crippen LogP contribution < -0.4 is 5.32 Å². The van der Waals surface area contributed by atoms with Crippen LogP contribution in [0.4, 0.5) is 5.13 Å². The first-order valence-corrected chi connectivity index (χ1v) is 14.0. The smallest absolute Gasteiger partial charge is 0.229 e. The van der Waals surface area contributed by atoms with Crippen LogP contribution in [0.15, 0.2) is 22.5 Å². The van der Waals surface area contributed by atoms with E-state index in [9.17, 15) is 13.2 Å². The minimum absolute atomic E-state index is 0.141. The Morgan fingerprint density at radius 3 is 2.61 bits per heavy atom. The topological polar surface area (TPSA) is 92.3 Å². The van der Waals surface area contributed by atoms with Crippen LogP contribution in [0.25, 0.3) is 0 Å². The third-order valence-corrected chi connectivity index (χ3v) is 9.72. The summed E-state index contributed by atoms with van der Waals surface area (Å²) in [5.41, 5.74) is 0.580. The molecule has 170 valence electrons. The standard InChI is InChI=1S/C19H24Cl2N4O3S3/c1-12(2)10-29-19-24-23-18(30-19)22-17(26)14-5-7-25(8-6-14)31(27,28)11-13-3-4-15(20)16(21)9-13/h3-4,9,12,14H,5-8,10-11H2,1-2H3,(H,22,23,26). The first kappa shape index (κ1) is 24.7. The van der Waals surface area contributed by atoms with Crippen molar-refractivity contribution in [3.63, 3.8) is 0 Å². The third-order valence-electron chi connectivity index (χ3n) is 4.73. The molecule has 1 aliphatic rings. The van der Waals surface area contributed by atoms with Crippen molar-refractivity contribution >= 4 is 67.4 Å². The maximum atomic E-state index is 12.8. The molecule has 1 N–H and O–H groups in total. The van der Waals surface area contributed by atoms with Crippen LogP contribution in [0.5, 0.6) is 0 Å². The summed E-state index contributed by atoms with van der Waals surface area (Å²) in [7, 11) is -3.51. The van der Waals surface area contributed by atoms with Crippen molar-refractivity contribution in [3.05, 3.63) is 33.8 Å². The van der Waals surface area contributed by atoms with E-state index in [1.54, 1.807) is 30.0 Å². The summed E-state index contributed by atoms with van der Waals surface area (Å²) in [4.78, 5) is 12.6. The molecule has 2 heterocycles. The van der Waals surface area contributed by atoms with E-state index >= 15 is 0 Å². The monoisotopic (exact) mass is 522 g/mol. The highest BCUT2D eigenvalue weighted by molar-refractivity contribution is 8.01. The van der Waals surface area contributed by atoms with Crippen molar-refractivity contribution in [2.75, 3.05) is 24.2 Å². The first-order valence-electron chi connectivity index (χ1n) is 9.83. The highest BCUT2D eigenvalue weighted by Gasteiger charge is 2.31. The van der Waals surface area contributed by atoms with E-state index in [-0.39, 0.29) is 17.6 Å². The number of aromatic nitrogens is 2. The van der Waals surface area contributed by atoms with E-state index in [2.05, 4.69) is 29.4 Å². The quantitative estimate of drug-likeness (QED) is 0.396. The lowest BCUT2D eigenvalue weighted by Crippen LogP contribution is -2.41. The summed E-state index contributed by atoms with van der Waals surface area (Å²) in [6.07, 6.45) is 0.917. The van der Waals surface area contributed by atoms with Crippen LogP contribution in [0.3, 0.4) is 0 Å². The maximum absolute atomic E-state index is 12.8. The molecule has 0 atom stereocenters. The average molecular weight is 524 g/mol.